The minimum absolute atomic E-state index is 0.0363. The molecule has 0 saturated carbocycles. The Hall–Kier alpha value is -2.73. The molecule has 28 heavy (non-hydrogen) atoms. The van der Waals surface area contributed by atoms with Gasteiger partial charge in [0.05, 0.1) is 13.0 Å². The fourth-order valence-electron chi connectivity index (χ4n) is 3.18. The molecule has 0 amide bonds. The molecule has 0 radical (unpaired) electrons. The van der Waals surface area contributed by atoms with E-state index >= 15 is 0 Å². The first-order valence-corrected chi connectivity index (χ1v) is 9.63. The van der Waals surface area contributed by atoms with Crippen LogP contribution >= 0.6 is 11.6 Å². The van der Waals surface area contributed by atoms with E-state index in [-0.39, 0.29) is 18.4 Å². The van der Waals surface area contributed by atoms with Crippen molar-refractivity contribution < 1.29 is 9.84 Å². The van der Waals surface area contributed by atoms with Gasteiger partial charge in [0.2, 0.25) is 0 Å². The van der Waals surface area contributed by atoms with Crippen molar-refractivity contribution in [2.45, 2.75) is 12.3 Å². The number of methoxy groups -OCH3 is 1. The molecule has 0 heterocycles. The van der Waals surface area contributed by atoms with E-state index in [2.05, 4.69) is 11.8 Å². The number of aliphatic hydroxyl groups is 1. The third kappa shape index (κ3) is 5.39. The van der Waals surface area contributed by atoms with E-state index in [0.29, 0.717) is 11.4 Å². The topological polar surface area (TPSA) is 29.5 Å². The molecule has 0 unspecified atom stereocenters. The van der Waals surface area contributed by atoms with E-state index in [4.69, 9.17) is 16.3 Å². The van der Waals surface area contributed by atoms with Crippen LogP contribution in [0.3, 0.4) is 0 Å². The van der Waals surface area contributed by atoms with Crippen molar-refractivity contribution in [3.05, 3.63) is 101 Å². The molecule has 142 valence electrons. The van der Waals surface area contributed by atoms with E-state index in [9.17, 15) is 5.11 Å². The molecule has 3 heteroatoms. The van der Waals surface area contributed by atoms with Crippen molar-refractivity contribution >= 4 is 11.6 Å². The summed E-state index contributed by atoms with van der Waals surface area (Å²) in [5.74, 6) is 7.33. The van der Waals surface area contributed by atoms with Gasteiger partial charge in [-0.3, -0.25) is 0 Å². The minimum Gasteiger partial charge on any atom is -0.497 e. The first kappa shape index (κ1) is 20.0. The molecule has 0 aliphatic rings. The summed E-state index contributed by atoms with van der Waals surface area (Å²) in [7, 11) is 1.65. The summed E-state index contributed by atoms with van der Waals surface area (Å²) in [5, 5.41) is 10.9. The zero-order valence-electron chi connectivity index (χ0n) is 15.8. The van der Waals surface area contributed by atoms with Gasteiger partial charge in [0.1, 0.15) is 5.75 Å². The molecule has 3 aromatic carbocycles. The standard InChI is InChI=1S/C25H23ClO2/c1-28-24-14-10-21(11-15-24)25(16-9-19-5-3-2-4-6-19)22(18-27)17-20-7-12-23(26)13-8-20/h2-8,10-15,22,25,27H,17-18H2,1H3/t22-,25-/m0/s1. The molecule has 0 saturated heterocycles. The maximum atomic E-state index is 10.2. The number of ether oxygens (including phenoxy) is 1. The normalized spacial score (nSPS) is 12.5. The van der Waals surface area contributed by atoms with Crippen LogP contribution in [0.4, 0.5) is 0 Å². The van der Waals surface area contributed by atoms with Crippen molar-refractivity contribution in [1.29, 1.82) is 0 Å². The van der Waals surface area contributed by atoms with Crippen LogP contribution in [-0.4, -0.2) is 18.8 Å². The van der Waals surface area contributed by atoms with Crippen molar-refractivity contribution in [2.75, 3.05) is 13.7 Å². The van der Waals surface area contributed by atoms with Gasteiger partial charge in [-0.15, -0.1) is 0 Å². The van der Waals surface area contributed by atoms with Gasteiger partial charge in [-0.2, -0.15) is 0 Å². The monoisotopic (exact) mass is 390 g/mol. The Balaban J connectivity index is 1.92. The number of benzene rings is 3. The Morgan fingerprint density at radius 1 is 0.929 bits per heavy atom. The molecule has 0 aliphatic heterocycles. The molecule has 3 aromatic rings. The summed E-state index contributed by atoms with van der Waals surface area (Å²) < 4.78 is 5.27. The minimum atomic E-state index is -0.105. The lowest BCUT2D eigenvalue weighted by atomic mass is 9.82. The molecule has 3 rings (SSSR count). The van der Waals surface area contributed by atoms with Gasteiger partial charge >= 0.3 is 0 Å². The highest BCUT2D eigenvalue weighted by Crippen LogP contribution is 2.29. The molecule has 0 spiro atoms. The van der Waals surface area contributed by atoms with Gasteiger partial charge in [0.15, 0.2) is 0 Å². The number of halogens is 1. The van der Waals surface area contributed by atoms with Gasteiger partial charge < -0.3 is 9.84 Å². The molecule has 0 aliphatic carbocycles. The fourth-order valence-corrected chi connectivity index (χ4v) is 3.30. The highest BCUT2D eigenvalue weighted by atomic mass is 35.5. The largest absolute Gasteiger partial charge is 0.497 e. The third-order valence-electron chi connectivity index (χ3n) is 4.74. The number of aliphatic hydroxyl groups excluding tert-OH is 1. The average molecular weight is 391 g/mol. The van der Waals surface area contributed by atoms with E-state index in [0.717, 1.165) is 22.4 Å². The first-order valence-electron chi connectivity index (χ1n) is 9.25. The molecular formula is C25H23ClO2. The number of hydrogen-bond donors (Lipinski definition) is 1. The summed E-state index contributed by atoms with van der Waals surface area (Å²) in [6.45, 7) is 0.0444. The third-order valence-corrected chi connectivity index (χ3v) is 4.99. The molecule has 2 nitrogen and oxygen atoms in total. The summed E-state index contributed by atoms with van der Waals surface area (Å²) in [6.07, 6.45) is 0.716. The van der Waals surface area contributed by atoms with Gasteiger partial charge in [0.25, 0.3) is 0 Å². The second-order valence-corrected chi connectivity index (χ2v) is 7.10. The van der Waals surface area contributed by atoms with Crippen molar-refractivity contribution in [3.8, 4) is 17.6 Å². The first-order chi connectivity index (χ1) is 13.7. The summed E-state index contributed by atoms with van der Waals surface area (Å²) >= 11 is 6.00. The molecule has 0 aromatic heterocycles. The fraction of sp³-hybridized carbons (Fsp3) is 0.200. The summed E-state index contributed by atoms with van der Waals surface area (Å²) in [4.78, 5) is 0. The van der Waals surface area contributed by atoms with Crippen LogP contribution < -0.4 is 4.74 Å². The second kappa shape index (κ2) is 9.99. The lowest BCUT2D eigenvalue weighted by molar-refractivity contribution is 0.216. The second-order valence-electron chi connectivity index (χ2n) is 6.66. The van der Waals surface area contributed by atoms with E-state index in [1.54, 1.807) is 7.11 Å². The van der Waals surface area contributed by atoms with Crippen molar-refractivity contribution in [3.63, 3.8) is 0 Å². The van der Waals surface area contributed by atoms with Crippen LogP contribution in [0.5, 0.6) is 5.75 Å². The summed E-state index contributed by atoms with van der Waals surface area (Å²) in [6, 6.07) is 25.6. The van der Waals surface area contributed by atoms with Gasteiger partial charge in [-0.05, 0) is 53.9 Å². The van der Waals surface area contributed by atoms with Gasteiger partial charge in [0, 0.05) is 23.1 Å². The number of rotatable bonds is 6. The summed E-state index contributed by atoms with van der Waals surface area (Å²) in [5.41, 5.74) is 3.16. The van der Waals surface area contributed by atoms with E-state index < -0.39 is 0 Å². The Labute approximate surface area is 171 Å². The maximum absolute atomic E-state index is 10.2. The Morgan fingerprint density at radius 3 is 2.21 bits per heavy atom. The van der Waals surface area contributed by atoms with Crippen LogP contribution in [-0.2, 0) is 6.42 Å². The predicted molar refractivity (Wildman–Crippen MR) is 115 cm³/mol. The van der Waals surface area contributed by atoms with Crippen LogP contribution in [0.1, 0.15) is 22.6 Å². The molecule has 0 fully saturated rings. The Bertz CT molecular complexity index is 922. The Kier molecular flexibility index (Phi) is 7.14. The SMILES string of the molecule is COc1ccc([C@H](C#Cc2ccccc2)[C@H](CO)Cc2ccc(Cl)cc2)cc1. The van der Waals surface area contributed by atoms with Crippen LogP contribution in [0.25, 0.3) is 0 Å². The zero-order chi connectivity index (χ0) is 19.8. The van der Waals surface area contributed by atoms with Gasteiger partial charge in [-0.25, -0.2) is 0 Å². The highest BCUT2D eigenvalue weighted by Gasteiger charge is 2.22. The maximum Gasteiger partial charge on any atom is 0.118 e. The lowest BCUT2D eigenvalue weighted by Gasteiger charge is -2.22. The van der Waals surface area contributed by atoms with Crippen molar-refractivity contribution in [2.24, 2.45) is 5.92 Å². The zero-order valence-corrected chi connectivity index (χ0v) is 16.6. The highest BCUT2D eigenvalue weighted by molar-refractivity contribution is 6.30. The Morgan fingerprint density at radius 2 is 1.61 bits per heavy atom. The van der Waals surface area contributed by atoms with Gasteiger partial charge in [-0.1, -0.05) is 65.9 Å². The van der Waals surface area contributed by atoms with E-state index in [1.165, 1.54) is 0 Å². The van der Waals surface area contributed by atoms with Crippen LogP contribution in [0.2, 0.25) is 5.02 Å². The molecule has 1 N–H and O–H groups in total. The van der Waals surface area contributed by atoms with E-state index in [1.807, 2.05) is 78.9 Å². The average Bonchev–Trinajstić information content (AvgIpc) is 2.75. The lowest BCUT2D eigenvalue weighted by Crippen LogP contribution is -2.18. The van der Waals surface area contributed by atoms with Crippen LogP contribution in [0, 0.1) is 17.8 Å². The molecule has 0 bridgehead atoms. The van der Waals surface area contributed by atoms with Crippen molar-refractivity contribution in [1.82, 2.24) is 0 Å². The molecular weight excluding hydrogens is 368 g/mol. The number of hydrogen-bond acceptors (Lipinski definition) is 2. The van der Waals surface area contributed by atoms with Crippen LogP contribution in [0.15, 0.2) is 78.9 Å². The predicted octanol–water partition coefficient (Wildman–Crippen LogP) is 5.34. The smallest absolute Gasteiger partial charge is 0.118 e. The quantitative estimate of drug-likeness (QED) is 0.576. The molecule has 2 atom stereocenters.